The monoisotopic (exact) mass is 434 g/mol. The van der Waals surface area contributed by atoms with Crippen LogP contribution in [-0.4, -0.2) is 33.4 Å². The zero-order valence-electron chi connectivity index (χ0n) is 16.2. The van der Waals surface area contributed by atoms with Crippen LogP contribution in [0.25, 0.3) is 11.1 Å². The van der Waals surface area contributed by atoms with Crippen molar-refractivity contribution in [3.63, 3.8) is 0 Å². The van der Waals surface area contributed by atoms with Gasteiger partial charge in [-0.3, -0.25) is 14.4 Å². The summed E-state index contributed by atoms with van der Waals surface area (Å²) in [4.78, 5) is 42.2. The van der Waals surface area contributed by atoms with Gasteiger partial charge in [0.25, 0.3) is 11.3 Å². The molecule has 1 aliphatic rings. The first-order valence-corrected chi connectivity index (χ1v) is 9.48. The van der Waals surface area contributed by atoms with Gasteiger partial charge < -0.3 is 14.7 Å². The molecule has 4 rings (SSSR count). The fourth-order valence-electron chi connectivity index (χ4n) is 3.72. The van der Waals surface area contributed by atoms with E-state index in [1.165, 1.54) is 17.2 Å². The highest BCUT2D eigenvalue weighted by molar-refractivity contribution is 6.39. The van der Waals surface area contributed by atoms with E-state index in [0.29, 0.717) is 12.8 Å². The molecule has 11 heteroatoms. The van der Waals surface area contributed by atoms with Crippen LogP contribution in [-0.2, 0) is 9.59 Å². The largest absolute Gasteiger partial charge is 0.358 e. The Bertz CT molecular complexity index is 1220. The molecule has 0 saturated carbocycles. The van der Waals surface area contributed by atoms with Crippen LogP contribution in [0, 0.1) is 23.4 Å². The molecule has 31 heavy (non-hydrogen) atoms. The Kier molecular flexibility index (Phi) is 5.25. The molecule has 0 bridgehead atoms. The lowest BCUT2D eigenvalue weighted by molar-refractivity contribution is -0.146. The van der Waals surface area contributed by atoms with Crippen molar-refractivity contribution in [1.82, 2.24) is 15.0 Å². The number of nitrogens with one attached hydrogen (secondary N) is 2. The Morgan fingerprint density at radius 2 is 1.90 bits per heavy atom. The van der Waals surface area contributed by atoms with E-state index in [4.69, 9.17) is 4.52 Å². The SMILES string of the molecule is C[C@H]1CC[C@H](c2cc(F)c(F)c(F)c2)N(C(=O)C(=O)Nc2cnc3o[nH]c(=O)c3c2)C1. The standard InChI is InChI=1S/C20H17F3N4O4/c1-9-2-3-15(10-4-13(21)16(23)14(22)5-10)27(8-9)20(30)18(29)25-11-6-12-17(28)26-31-19(12)24-7-11/h4-7,9,15H,2-3,8H2,1H3,(H,25,29)(H,26,28)/t9-,15+/m0/s1. The van der Waals surface area contributed by atoms with Crippen molar-refractivity contribution in [2.45, 2.75) is 25.8 Å². The molecule has 1 saturated heterocycles. The van der Waals surface area contributed by atoms with Gasteiger partial charge in [-0.2, -0.15) is 5.16 Å². The van der Waals surface area contributed by atoms with Gasteiger partial charge in [0.05, 0.1) is 17.9 Å². The number of pyridine rings is 1. The topological polar surface area (TPSA) is 108 Å². The van der Waals surface area contributed by atoms with Gasteiger partial charge in [-0.15, -0.1) is 0 Å². The summed E-state index contributed by atoms with van der Waals surface area (Å²) in [5, 5.41) is 4.57. The lowest BCUT2D eigenvalue weighted by atomic mass is 9.89. The number of carbonyl (C=O) groups is 2. The number of likely N-dealkylation sites (tertiary alicyclic amines) is 1. The Labute approximate surface area is 173 Å². The zero-order valence-corrected chi connectivity index (χ0v) is 16.2. The normalized spacial score (nSPS) is 18.9. The number of aromatic amines is 1. The summed E-state index contributed by atoms with van der Waals surface area (Å²) < 4.78 is 45.7. The first kappa shape index (κ1) is 20.6. The van der Waals surface area contributed by atoms with E-state index >= 15 is 0 Å². The van der Waals surface area contributed by atoms with Crippen molar-refractivity contribution >= 4 is 28.6 Å². The molecule has 1 aliphatic heterocycles. The zero-order chi connectivity index (χ0) is 22.3. The number of benzene rings is 1. The number of amides is 2. The van der Waals surface area contributed by atoms with Crippen LogP contribution in [0.3, 0.4) is 0 Å². The molecule has 2 amide bonds. The maximum Gasteiger partial charge on any atom is 0.313 e. The number of fused-ring (bicyclic) bond motifs is 1. The lowest BCUT2D eigenvalue weighted by Gasteiger charge is -2.38. The predicted octanol–water partition coefficient (Wildman–Crippen LogP) is 2.87. The molecule has 2 aromatic heterocycles. The van der Waals surface area contributed by atoms with Crippen LogP contribution in [0.1, 0.15) is 31.4 Å². The molecule has 162 valence electrons. The lowest BCUT2D eigenvalue weighted by Crippen LogP contribution is -2.46. The van der Waals surface area contributed by atoms with E-state index in [1.54, 1.807) is 0 Å². The summed E-state index contributed by atoms with van der Waals surface area (Å²) in [7, 11) is 0. The predicted molar refractivity (Wildman–Crippen MR) is 102 cm³/mol. The van der Waals surface area contributed by atoms with Gasteiger partial charge in [0, 0.05) is 6.54 Å². The summed E-state index contributed by atoms with van der Waals surface area (Å²) in [5.41, 5.74) is -0.342. The third-order valence-electron chi connectivity index (χ3n) is 5.26. The van der Waals surface area contributed by atoms with Crippen LogP contribution >= 0.6 is 0 Å². The van der Waals surface area contributed by atoms with E-state index in [2.05, 4.69) is 15.5 Å². The van der Waals surface area contributed by atoms with Gasteiger partial charge in [0.1, 0.15) is 5.39 Å². The number of nitrogens with zero attached hydrogens (tertiary/aromatic N) is 2. The van der Waals surface area contributed by atoms with E-state index in [-0.39, 0.29) is 34.8 Å². The van der Waals surface area contributed by atoms with Crippen LogP contribution < -0.4 is 10.9 Å². The molecule has 2 atom stereocenters. The quantitative estimate of drug-likeness (QED) is 0.476. The highest BCUT2D eigenvalue weighted by Gasteiger charge is 2.35. The van der Waals surface area contributed by atoms with Crippen LogP contribution in [0.2, 0.25) is 0 Å². The molecule has 1 aromatic carbocycles. The number of rotatable bonds is 2. The van der Waals surface area contributed by atoms with Gasteiger partial charge in [-0.05, 0) is 42.5 Å². The molecule has 2 N–H and O–H groups in total. The van der Waals surface area contributed by atoms with E-state index in [0.717, 1.165) is 12.1 Å². The number of hydrogen-bond donors (Lipinski definition) is 2. The molecular weight excluding hydrogens is 417 g/mol. The smallest absolute Gasteiger partial charge is 0.313 e. The minimum absolute atomic E-state index is 0.0413. The number of hydrogen-bond acceptors (Lipinski definition) is 5. The Morgan fingerprint density at radius 1 is 1.19 bits per heavy atom. The van der Waals surface area contributed by atoms with Gasteiger partial charge in [0.2, 0.25) is 0 Å². The fraction of sp³-hybridized carbons (Fsp3) is 0.300. The molecular formula is C20H17F3N4O4. The Hall–Kier alpha value is -3.63. The second-order valence-electron chi connectivity index (χ2n) is 7.52. The number of H-pyrrole nitrogens is 1. The van der Waals surface area contributed by atoms with Crippen LogP contribution in [0.5, 0.6) is 0 Å². The maximum absolute atomic E-state index is 13.7. The molecule has 0 unspecified atom stereocenters. The minimum atomic E-state index is -1.60. The number of anilines is 1. The Morgan fingerprint density at radius 3 is 2.61 bits per heavy atom. The van der Waals surface area contributed by atoms with Gasteiger partial charge >= 0.3 is 11.8 Å². The third-order valence-corrected chi connectivity index (χ3v) is 5.26. The summed E-state index contributed by atoms with van der Waals surface area (Å²) in [6.07, 6.45) is 2.22. The van der Waals surface area contributed by atoms with E-state index in [1.807, 2.05) is 6.92 Å². The van der Waals surface area contributed by atoms with Gasteiger partial charge in [0.15, 0.2) is 17.5 Å². The number of piperidine rings is 1. The maximum atomic E-state index is 13.7. The van der Waals surface area contributed by atoms with Gasteiger partial charge in [-0.25, -0.2) is 18.2 Å². The van der Waals surface area contributed by atoms with E-state index in [9.17, 15) is 27.6 Å². The molecule has 3 heterocycles. The first-order chi connectivity index (χ1) is 14.7. The molecule has 8 nitrogen and oxygen atoms in total. The molecule has 0 radical (unpaired) electrons. The van der Waals surface area contributed by atoms with Crippen molar-refractivity contribution in [2.24, 2.45) is 5.92 Å². The second kappa shape index (κ2) is 7.89. The summed E-state index contributed by atoms with van der Waals surface area (Å²) >= 11 is 0. The van der Waals surface area contributed by atoms with Crippen LogP contribution in [0.15, 0.2) is 33.7 Å². The summed E-state index contributed by atoms with van der Waals surface area (Å²) in [6, 6.07) is 2.17. The van der Waals surface area contributed by atoms with Crippen molar-refractivity contribution in [1.29, 1.82) is 0 Å². The third kappa shape index (κ3) is 3.90. The Balaban J connectivity index is 1.59. The molecule has 0 aliphatic carbocycles. The van der Waals surface area contributed by atoms with Crippen molar-refractivity contribution in [3.8, 4) is 0 Å². The van der Waals surface area contributed by atoms with Crippen LogP contribution in [0.4, 0.5) is 18.9 Å². The average molecular weight is 434 g/mol. The number of halogens is 3. The number of aromatic nitrogens is 2. The summed E-state index contributed by atoms with van der Waals surface area (Å²) in [6.45, 7) is 2.06. The van der Waals surface area contributed by atoms with Crippen molar-refractivity contribution < 1.29 is 27.3 Å². The molecule has 0 spiro atoms. The minimum Gasteiger partial charge on any atom is -0.358 e. The van der Waals surface area contributed by atoms with Crippen molar-refractivity contribution in [2.75, 3.05) is 11.9 Å². The first-order valence-electron chi connectivity index (χ1n) is 9.48. The average Bonchev–Trinajstić information content (AvgIpc) is 3.11. The second-order valence-corrected chi connectivity index (χ2v) is 7.52. The van der Waals surface area contributed by atoms with Gasteiger partial charge in [-0.1, -0.05) is 6.92 Å². The molecule has 3 aromatic rings. The number of carbonyl (C=O) groups excluding carboxylic acids is 2. The van der Waals surface area contributed by atoms with E-state index < -0.39 is 40.9 Å². The summed E-state index contributed by atoms with van der Waals surface area (Å²) in [5.74, 6) is -6.22. The van der Waals surface area contributed by atoms with Crippen molar-refractivity contribution in [3.05, 3.63) is 57.8 Å². The fourth-order valence-corrected chi connectivity index (χ4v) is 3.72. The molecule has 1 fully saturated rings. The highest BCUT2D eigenvalue weighted by atomic mass is 19.2. The highest BCUT2D eigenvalue weighted by Crippen LogP contribution is 2.34.